The Morgan fingerprint density at radius 3 is 2.36 bits per heavy atom. The Bertz CT molecular complexity index is 2200. The Morgan fingerprint density at radius 2 is 1.59 bits per heavy atom. The van der Waals surface area contributed by atoms with Crippen LogP contribution in [0.2, 0.25) is 0 Å². The monoisotopic (exact) mass is 751 g/mol. The number of unbranched alkanes of at least 4 members (excludes halogenated alkanes) is 1. The van der Waals surface area contributed by atoms with E-state index in [-0.39, 0.29) is 20.1 Å². The summed E-state index contributed by atoms with van der Waals surface area (Å²) < 4.78 is 6.63. The summed E-state index contributed by atoms with van der Waals surface area (Å²) >= 11 is 0. The molecule has 0 aliphatic rings. The molecule has 218 valence electrons. The molecule has 8 aromatic rings. The number of hydrogen-bond acceptors (Lipinski definition) is 1. The molecule has 0 fully saturated rings. The van der Waals surface area contributed by atoms with E-state index in [1.807, 2.05) is 18.3 Å². The fourth-order valence-corrected chi connectivity index (χ4v) is 5.94. The third-order valence-corrected chi connectivity index (χ3v) is 8.40. The Morgan fingerprint density at radius 1 is 0.818 bits per heavy atom. The fourth-order valence-electron chi connectivity index (χ4n) is 5.94. The minimum absolute atomic E-state index is 0. The molecule has 0 saturated heterocycles. The molecule has 5 heteroatoms. The molecule has 0 bridgehead atoms. The zero-order chi connectivity index (χ0) is 29.5. The fraction of sp³-hybridized carbons (Fsp3) is 0.179. The Hall–Kier alpha value is -4.31. The number of aryl methyl sites for hydroxylation is 4. The van der Waals surface area contributed by atoms with Crippen LogP contribution < -0.4 is 4.57 Å². The summed E-state index contributed by atoms with van der Waals surface area (Å²) in [5, 5.41) is 5.17. The quantitative estimate of drug-likeness (QED) is 0.128. The van der Waals surface area contributed by atoms with Gasteiger partial charge in [-0.25, -0.2) is 0 Å². The first-order valence-corrected chi connectivity index (χ1v) is 15.0. The zero-order valence-electron chi connectivity index (χ0n) is 25.5. The van der Waals surface area contributed by atoms with Crippen molar-refractivity contribution in [2.24, 2.45) is 0 Å². The Labute approximate surface area is 272 Å². The van der Waals surface area contributed by atoms with Gasteiger partial charge in [-0.05, 0) is 48.7 Å². The van der Waals surface area contributed by atoms with Gasteiger partial charge in [0.05, 0.1) is 6.54 Å². The Balaban J connectivity index is 0.000000183. The van der Waals surface area contributed by atoms with E-state index in [0.717, 1.165) is 29.9 Å². The molecule has 4 aromatic heterocycles. The maximum absolute atomic E-state index is 4.41. The van der Waals surface area contributed by atoms with Crippen LogP contribution in [0.4, 0.5) is 0 Å². The number of rotatable bonds is 5. The summed E-state index contributed by atoms with van der Waals surface area (Å²) in [6.07, 6.45) is 11.9. The maximum Gasteiger partial charge on any atom is 3.00 e. The van der Waals surface area contributed by atoms with Crippen molar-refractivity contribution in [1.82, 2.24) is 14.0 Å². The van der Waals surface area contributed by atoms with E-state index in [0.29, 0.717) is 0 Å². The summed E-state index contributed by atoms with van der Waals surface area (Å²) in [6.45, 7) is 9.46. The van der Waals surface area contributed by atoms with Crippen LogP contribution >= 0.6 is 0 Å². The van der Waals surface area contributed by atoms with Gasteiger partial charge in [-0.3, -0.25) is 0 Å². The van der Waals surface area contributed by atoms with E-state index in [9.17, 15) is 0 Å². The van der Waals surface area contributed by atoms with Crippen molar-refractivity contribution in [3.05, 3.63) is 133 Å². The average Bonchev–Trinajstić information content (AvgIpc) is 3.74. The van der Waals surface area contributed by atoms with Crippen molar-refractivity contribution >= 4 is 38.1 Å². The molecule has 8 rings (SSSR count). The average molecular weight is 751 g/mol. The van der Waals surface area contributed by atoms with Crippen LogP contribution in [-0.2, 0) is 26.7 Å². The molecule has 0 amide bonds. The maximum atomic E-state index is 4.41. The summed E-state index contributed by atoms with van der Waals surface area (Å²) in [4.78, 5) is 4.41. The van der Waals surface area contributed by atoms with E-state index in [1.165, 1.54) is 61.2 Å². The third kappa shape index (κ3) is 5.21. The smallest absolute Gasteiger partial charge is 0.369 e. The first-order chi connectivity index (χ1) is 21.0. The molecule has 4 nitrogen and oxygen atoms in total. The molecule has 0 spiro atoms. The SMILES string of the molecule is CCCC[n+]1[c-]n(-c2[c-]ccc3c4cccc5c6ccccc6n(c23)c54)cc1.Cc1c[c-]c(-c2cc(C)c(C)cn2)cc1.[Ir+3]. The van der Waals surface area contributed by atoms with Crippen LogP contribution in [0.25, 0.3) is 55.0 Å². The first-order valence-electron chi connectivity index (χ1n) is 15.0. The second-order valence-electron chi connectivity index (χ2n) is 11.4. The van der Waals surface area contributed by atoms with E-state index < -0.39 is 0 Å². The largest absolute Gasteiger partial charge is 3.00 e. The predicted molar refractivity (Wildman–Crippen MR) is 176 cm³/mol. The van der Waals surface area contributed by atoms with Gasteiger partial charge < -0.3 is 18.5 Å². The minimum Gasteiger partial charge on any atom is -0.369 e. The van der Waals surface area contributed by atoms with Gasteiger partial charge in [-0.1, -0.05) is 73.8 Å². The molecule has 0 radical (unpaired) electrons. The molecule has 4 heterocycles. The van der Waals surface area contributed by atoms with Gasteiger partial charge in [-0.15, -0.1) is 40.8 Å². The van der Waals surface area contributed by atoms with Crippen LogP contribution in [0, 0.1) is 39.2 Å². The summed E-state index contributed by atoms with van der Waals surface area (Å²) in [5.74, 6) is 0. The van der Waals surface area contributed by atoms with E-state index in [1.54, 1.807) is 0 Å². The second kappa shape index (κ2) is 12.4. The molecular formula is C39H34IrN4+. The molecule has 44 heavy (non-hydrogen) atoms. The van der Waals surface area contributed by atoms with Gasteiger partial charge in [0, 0.05) is 40.4 Å². The molecule has 0 saturated carbocycles. The molecule has 0 N–H and O–H groups in total. The van der Waals surface area contributed by atoms with Crippen LogP contribution in [0.1, 0.15) is 36.5 Å². The summed E-state index contributed by atoms with van der Waals surface area (Å²) in [5.41, 5.74) is 10.6. The van der Waals surface area contributed by atoms with Crippen molar-refractivity contribution in [1.29, 1.82) is 0 Å². The number of hydrogen-bond donors (Lipinski definition) is 0. The zero-order valence-corrected chi connectivity index (χ0v) is 27.9. The van der Waals surface area contributed by atoms with Gasteiger partial charge >= 0.3 is 20.1 Å². The normalized spacial score (nSPS) is 11.3. The Kier molecular flexibility index (Phi) is 8.35. The molecule has 0 aliphatic carbocycles. The van der Waals surface area contributed by atoms with Crippen LogP contribution in [-0.4, -0.2) is 14.0 Å². The van der Waals surface area contributed by atoms with Crippen molar-refractivity contribution in [2.45, 2.75) is 47.1 Å². The van der Waals surface area contributed by atoms with Gasteiger partial charge in [-0.2, -0.15) is 18.2 Å². The number of para-hydroxylation sites is 2. The molecule has 0 atom stereocenters. The van der Waals surface area contributed by atoms with E-state index in [4.69, 9.17) is 0 Å². The van der Waals surface area contributed by atoms with Crippen LogP contribution in [0.15, 0.2) is 97.5 Å². The second-order valence-corrected chi connectivity index (χ2v) is 11.4. The molecular weight excluding hydrogens is 717 g/mol. The van der Waals surface area contributed by atoms with E-state index in [2.05, 4.69) is 144 Å². The summed E-state index contributed by atoms with van der Waals surface area (Å²) in [6, 6.07) is 34.5. The summed E-state index contributed by atoms with van der Waals surface area (Å²) in [7, 11) is 0. The van der Waals surface area contributed by atoms with Crippen molar-refractivity contribution in [2.75, 3.05) is 0 Å². The number of pyridine rings is 1. The standard InChI is InChI=1S/C25H20N3.C14H14N.Ir/c1-2-3-14-26-15-16-27(17-26)23-13-7-11-21-20-10-6-9-19-18-8-4-5-12-22(18)28(24(19)20)25(21)23;1-10-4-6-13(7-5-10)14-8-11(2)12(3)9-15-14;/h4-12,15-16H,2-3,14H2,1H3;4-6,8-9H,1-3H3;/q2*-1;+3. The van der Waals surface area contributed by atoms with Crippen LogP contribution in [0.5, 0.6) is 0 Å². The predicted octanol–water partition coefficient (Wildman–Crippen LogP) is 8.79. The van der Waals surface area contributed by atoms with E-state index >= 15 is 0 Å². The van der Waals surface area contributed by atoms with Crippen molar-refractivity contribution in [3.63, 3.8) is 0 Å². The number of nitrogens with zero attached hydrogens (tertiary/aromatic N) is 4. The topological polar surface area (TPSA) is 26.1 Å². The van der Waals surface area contributed by atoms with Crippen LogP contribution in [0.3, 0.4) is 0 Å². The number of fused-ring (bicyclic) bond motifs is 6. The number of imidazole rings is 1. The van der Waals surface area contributed by atoms with Crippen molar-refractivity contribution in [3.8, 4) is 16.9 Å². The first kappa shape index (κ1) is 29.7. The number of aromatic nitrogens is 4. The molecule has 0 aliphatic heterocycles. The van der Waals surface area contributed by atoms with Gasteiger partial charge in [0.15, 0.2) is 0 Å². The molecule has 0 unspecified atom stereocenters. The van der Waals surface area contributed by atoms with Gasteiger partial charge in [0.1, 0.15) is 0 Å². The third-order valence-electron chi connectivity index (χ3n) is 8.40. The van der Waals surface area contributed by atoms with Crippen molar-refractivity contribution < 1.29 is 24.7 Å². The number of benzene rings is 4. The van der Waals surface area contributed by atoms with Gasteiger partial charge in [0.2, 0.25) is 6.33 Å². The minimum atomic E-state index is 0. The van der Waals surface area contributed by atoms with Gasteiger partial charge in [0.25, 0.3) is 0 Å². The molecule has 4 aromatic carbocycles.